The first-order valence-corrected chi connectivity index (χ1v) is 11.0. The van der Waals surface area contributed by atoms with Crippen LogP contribution in [0.5, 0.6) is 5.75 Å². The summed E-state index contributed by atoms with van der Waals surface area (Å²) in [6.07, 6.45) is 0.210. The number of aromatic nitrogens is 1. The van der Waals surface area contributed by atoms with Crippen LogP contribution in [-0.2, 0) is 13.0 Å². The van der Waals surface area contributed by atoms with Gasteiger partial charge in [-0.3, -0.25) is 24.1 Å². The van der Waals surface area contributed by atoms with E-state index in [1.165, 1.54) is 34.0 Å². The summed E-state index contributed by atoms with van der Waals surface area (Å²) >= 11 is 0. The number of halogens is 3. The van der Waals surface area contributed by atoms with Gasteiger partial charge >= 0.3 is 0 Å². The van der Waals surface area contributed by atoms with Crippen molar-refractivity contribution in [3.63, 3.8) is 0 Å². The van der Waals surface area contributed by atoms with Gasteiger partial charge in [-0.25, -0.2) is 13.2 Å². The van der Waals surface area contributed by atoms with E-state index in [-0.39, 0.29) is 42.8 Å². The maximum absolute atomic E-state index is 14.0. The van der Waals surface area contributed by atoms with E-state index in [2.05, 4.69) is 0 Å². The molecule has 0 saturated heterocycles. The Morgan fingerprint density at radius 2 is 1.80 bits per heavy atom. The van der Waals surface area contributed by atoms with Gasteiger partial charge in [-0.2, -0.15) is 0 Å². The minimum Gasteiger partial charge on any atom is -0.502 e. The highest BCUT2D eigenvalue weighted by molar-refractivity contribution is 6.00. The van der Waals surface area contributed by atoms with Crippen molar-refractivity contribution >= 4 is 11.7 Å². The zero-order valence-corrected chi connectivity index (χ0v) is 18.6. The van der Waals surface area contributed by atoms with Crippen molar-refractivity contribution in [3.05, 3.63) is 98.2 Å². The van der Waals surface area contributed by atoms with Gasteiger partial charge < -0.3 is 10.0 Å². The highest BCUT2D eigenvalue weighted by Gasteiger charge is 2.44. The van der Waals surface area contributed by atoms with E-state index in [0.29, 0.717) is 17.2 Å². The van der Waals surface area contributed by atoms with Crippen molar-refractivity contribution in [1.82, 2.24) is 9.58 Å². The summed E-state index contributed by atoms with van der Waals surface area (Å²) in [5.74, 6) is -4.14. The van der Waals surface area contributed by atoms with Crippen LogP contribution in [0.15, 0.2) is 47.4 Å². The van der Waals surface area contributed by atoms with Gasteiger partial charge in [0.1, 0.15) is 23.6 Å². The van der Waals surface area contributed by atoms with Gasteiger partial charge in [0, 0.05) is 30.8 Å². The number of hydrogen-bond acceptors (Lipinski definition) is 5. The van der Waals surface area contributed by atoms with Crippen LogP contribution in [0.25, 0.3) is 0 Å². The van der Waals surface area contributed by atoms with Crippen molar-refractivity contribution in [3.8, 4) is 5.75 Å². The molecule has 1 amide bonds. The van der Waals surface area contributed by atoms with Gasteiger partial charge in [0.15, 0.2) is 17.2 Å². The van der Waals surface area contributed by atoms with Crippen LogP contribution in [-0.4, -0.2) is 32.9 Å². The summed E-state index contributed by atoms with van der Waals surface area (Å²) < 4.78 is 42.3. The number of carbonyl (C=O) groups is 2. The lowest BCUT2D eigenvalue weighted by molar-refractivity contribution is 0.0590. The number of carbonyl (C=O) groups excluding carboxylic acids is 2. The molecule has 1 N–H and O–H groups in total. The number of fused-ring (bicyclic) bond motifs is 5. The van der Waals surface area contributed by atoms with Gasteiger partial charge in [0.25, 0.3) is 5.91 Å². The predicted molar refractivity (Wildman–Crippen MR) is 119 cm³/mol. The molecule has 0 aliphatic carbocycles. The van der Waals surface area contributed by atoms with Gasteiger partial charge in [0.05, 0.1) is 12.1 Å². The standard InChI is InChI=1S/C25H20F3N3O4/c1-2-29-24-17-7-6-15(26)9-14(17)11-31(24)30-12-18(22(33)23(34)21(30)25(29)35)20(32)8-4-13-3-5-16(27)10-19(13)28/h3,5-7,9-10,12,24,34H,2,4,8,11H2,1H3/t24-/m0/s1. The third-order valence-corrected chi connectivity index (χ3v) is 6.48. The van der Waals surface area contributed by atoms with Gasteiger partial charge in [-0.15, -0.1) is 0 Å². The number of aryl methyl sites for hydroxylation is 1. The van der Waals surface area contributed by atoms with E-state index in [0.717, 1.165) is 6.07 Å². The first kappa shape index (κ1) is 22.7. The molecule has 3 heterocycles. The second-order valence-electron chi connectivity index (χ2n) is 8.48. The number of aromatic hydroxyl groups is 1. The molecule has 5 rings (SSSR count). The zero-order chi connectivity index (χ0) is 25.0. The van der Waals surface area contributed by atoms with Gasteiger partial charge in [-0.1, -0.05) is 12.1 Å². The zero-order valence-electron chi connectivity index (χ0n) is 18.6. The Bertz CT molecular complexity index is 1450. The molecule has 0 fully saturated rings. The minimum absolute atomic E-state index is 0.0908. The number of hydrogen-bond donors (Lipinski definition) is 1. The van der Waals surface area contributed by atoms with E-state index < -0.39 is 46.5 Å². The summed E-state index contributed by atoms with van der Waals surface area (Å²) in [4.78, 5) is 40.5. The van der Waals surface area contributed by atoms with Crippen molar-refractivity contribution in [2.24, 2.45) is 0 Å². The number of Topliss-reactive ketones (excluding diaryl/α,β-unsaturated/α-hetero) is 1. The van der Waals surface area contributed by atoms with Gasteiger partial charge in [0.2, 0.25) is 5.43 Å². The maximum atomic E-state index is 14.0. The number of pyridine rings is 1. The van der Waals surface area contributed by atoms with Crippen molar-refractivity contribution < 1.29 is 27.9 Å². The molecule has 0 unspecified atom stereocenters. The van der Waals surface area contributed by atoms with Crippen molar-refractivity contribution in [1.29, 1.82) is 0 Å². The van der Waals surface area contributed by atoms with Crippen LogP contribution >= 0.6 is 0 Å². The summed E-state index contributed by atoms with van der Waals surface area (Å²) in [5, 5.41) is 12.3. The molecular formula is C25H20F3N3O4. The molecule has 2 aromatic carbocycles. The fraction of sp³-hybridized carbons (Fsp3) is 0.240. The first-order valence-electron chi connectivity index (χ1n) is 11.0. The average Bonchev–Trinajstić information content (AvgIpc) is 3.18. The van der Waals surface area contributed by atoms with E-state index in [9.17, 15) is 32.7 Å². The molecule has 180 valence electrons. The molecule has 7 nitrogen and oxygen atoms in total. The highest BCUT2D eigenvalue weighted by atomic mass is 19.1. The second-order valence-corrected chi connectivity index (χ2v) is 8.48. The third kappa shape index (κ3) is 3.56. The maximum Gasteiger partial charge on any atom is 0.278 e. The van der Waals surface area contributed by atoms with Crippen LogP contribution < -0.4 is 10.4 Å². The molecule has 0 saturated carbocycles. The molecule has 0 spiro atoms. The van der Waals surface area contributed by atoms with Crippen LogP contribution in [0.1, 0.15) is 57.0 Å². The monoisotopic (exact) mass is 483 g/mol. The molecular weight excluding hydrogens is 463 g/mol. The van der Waals surface area contributed by atoms with Gasteiger partial charge in [-0.05, 0) is 42.7 Å². The Balaban J connectivity index is 1.55. The second kappa shape index (κ2) is 8.30. The van der Waals surface area contributed by atoms with Crippen LogP contribution in [0.3, 0.4) is 0 Å². The number of ketones is 1. The highest BCUT2D eigenvalue weighted by Crippen LogP contribution is 2.40. The van der Waals surface area contributed by atoms with E-state index in [4.69, 9.17) is 0 Å². The lowest BCUT2D eigenvalue weighted by Gasteiger charge is -2.43. The molecule has 35 heavy (non-hydrogen) atoms. The average molecular weight is 483 g/mol. The Labute approximate surface area is 197 Å². The smallest absolute Gasteiger partial charge is 0.278 e. The fourth-order valence-electron chi connectivity index (χ4n) is 4.77. The minimum atomic E-state index is -1.01. The molecule has 3 aromatic rings. The number of nitrogens with zero attached hydrogens (tertiary/aromatic N) is 3. The quantitative estimate of drug-likeness (QED) is 0.563. The summed E-state index contributed by atoms with van der Waals surface area (Å²) in [6.45, 7) is 2.18. The lowest BCUT2D eigenvalue weighted by Crippen LogP contribution is -2.53. The summed E-state index contributed by atoms with van der Waals surface area (Å²) in [6, 6.07) is 7.24. The number of benzene rings is 2. The van der Waals surface area contributed by atoms with E-state index >= 15 is 0 Å². The Morgan fingerprint density at radius 3 is 2.51 bits per heavy atom. The first-order chi connectivity index (χ1) is 16.7. The fourth-order valence-corrected chi connectivity index (χ4v) is 4.77. The summed E-state index contributed by atoms with van der Waals surface area (Å²) in [7, 11) is 0. The predicted octanol–water partition coefficient (Wildman–Crippen LogP) is 3.41. The molecule has 1 atom stereocenters. The number of amides is 1. The van der Waals surface area contributed by atoms with Crippen molar-refractivity contribution in [2.45, 2.75) is 32.5 Å². The van der Waals surface area contributed by atoms with Crippen LogP contribution in [0, 0.1) is 17.5 Å². The Morgan fingerprint density at radius 1 is 1.09 bits per heavy atom. The molecule has 1 aromatic heterocycles. The van der Waals surface area contributed by atoms with Crippen LogP contribution in [0.4, 0.5) is 13.2 Å². The largest absolute Gasteiger partial charge is 0.502 e. The molecule has 10 heteroatoms. The molecule has 0 bridgehead atoms. The van der Waals surface area contributed by atoms with E-state index in [1.54, 1.807) is 18.0 Å². The Hall–Kier alpha value is -4.08. The molecule has 0 radical (unpaired) electrons. The SMILES string of the molecule is CCN1C(=O)c2c(O)c(=O)c(C(=O)CCc3ccc(F)cc3F)cn2N2Cc3cc(F)ccc3[C@@H]12. The van der Waals surface area contributed by atoms with Crippen molar-refractivity contribution in [2.75, 3.05) is 11.6 Å². The third-order valence-electron chi connectivity index (χ3n) is 6.48. The van der Waals surface area contributed by atoms with E-state index in [1.807, 2.05) is 0 Å². The van der Waals surface area contributed by atoms with Crippen LogP contribution in [0.2, 0.25) is 0 Å². The topological polar surface area (TPSA) is 82.9 Å². The molecule has 2 aliphatic heterocycles. The Kier molecular flexibility index (Phi) is 5.38. The lowest BCUT2D eigenvalue weighted by atomic mass is 10.0. The molecule has 2 aliphatic rings. The number of rotatable bonds is 5. The summed E-state index contributed by atoms with van der Waals surface area (Å²) in [5.41, 5.74) is -0.230. The normalized spacial score (nSPS) is 16.2.